The molecule has 0 aliphatic carbocycles. The van der Waals surface area contributed by atoms with Crippen molar-refractivity contribution in [3.63, 3.8) is 0 Å². The van der Waals surface area contributed by atoms with Gasteiger partial charge < -0.3 is 10.4 Å². The van der Waals surface area contributed by atoms with E-state index in [0.29, 0.717) is 0 Å². The molecule has 0 saturated heterocycles. The molecule has 0 aliphatic rings. The number of hydrogen-bond donors (Lipinski definition) is 2. The quantitative estimate of drug-likeness (QED) is 0.698. The van der Waals surface area contributed by atoms with Crippen LogP contribution in [0.15, 0.2) is 43.0 Å². The number of hydrogen-bond acceptors (Lipinski definition) is 2. The zero-order valence-electron chi connectivity index (χ0n) is 9.19. The van der Waals surface area contributed by atoms with Crippen molar-refractivity contribution in [3.05, 3.63) is 48.6 Å². The Bertz CT molecular complexity index is 284. The molecule has 0 spiro atoms. The third-order valence-corrected chi connectivity index (χ3v) is 2.49. The summed E-state index contributed by atoms with van der Waals surface area (Å²) in [7, 11) is 0. The molecule has 1 rings (SSSR count). The Labute approximate surface area is 91.6 Å². The van der Waals surface area contributed by atoms with E-state index in [1.54, 1.807) is 6.08 Å². The van der Waals surface area contributed by atoms with Gasteiger partial charge in [0.1, 0.15) is 0 Å². The van der Waals surface area contributed by atoms with Gasteiger partial charge in [0, 0.05) is 12.6 Å². The molecule has 15 heavy (non-hydrogen) atoms. The minimum Gasteiger partial charge on any atom is -0.387 e. The van der Waals surface area contributed by atoms with Crippen LogP contribution in [0, 0.1) is 0 Å². The highest BCUT2D eigenvalue weighted by atomic mass is 16.3. The van der Waals surface area contributed by atoms with Crippen LogP contribution in [0.3, 0.4) is 0 Å². The molecule has 1 aromatic rings. The van der Waals surface area contributed by atoms with E-state index in [4.69, 9.17) is 0 Å². The summed E-state index contributed by atoms with van der Waals surface area (Å²) >= 11 is 0. The predicted octanol–water partition coefficient (Wildman–Crippen LogP) is 2.27. The van der Waals surface area contributed by atoms with Gasteiger partial charge in [0.2, 0.25) is 0 Å². The normalized spacial score (nSPS) is 14.5. The van der Waals surface area contributed by atoms with Crippen LogP contribution in [-0.4, -0.2) is 17.7 Å². The summed E-state index contributed by atoms with van der Waals surface area (Å²) in [4.78, 5) is 0. The molecule has 0 bridgehead atoms. The zero-order chi connectivity index (χ0) is 11.1. The van der Waals surface area contributed by atoms with Crippen molar-refractivity contribution in [1.29, 1.82) is 0 Å². The van der Waals surface area contributed by atoms with Crippen molar-refractivity contribution in [1.82, 2.24) is 5.32 Å². The van der Waals surface area contributed by atoms with E-state index >= 15 is 0 Å². The molecule has 0 radical (unpaired) electrons. The van der Waals surface area contributed by atoms with E-state index in [-0.39, 0.29) is 6.04 Å². The van der Waals surface area contributed by atoms with Gasteiger partial charge in [-0.15, -0.1) is 6.58 Å². The number of rotatable bonds is 6. The smallest absolute Gasteiger partial charge is 0.0942 e. The van der Waals surface area contributed by atoms with Gasteiger partial charge in [-0.05, 0) is 12.0 Å². The first-order chi connectivity index (χ1) is 7.29. The van der Waals surface area contributed by atoms with Crippen LogP contribution in [0.2, 0.25) is 0 Å². The van der Waals surface area contributed by atoms with E-state index in [1.807, 2.05) is 30.3 Å². The third-order valence-electron chi connectivity index (χ3n) is 2.49. The Morgan fingerprint density at radius 1 is 1.40 bits per heavy atom. The maximum absolute atomic E-state index is 10.1. The topological polar surface area (TPSA) is 32.3 Å². The summed E-state index contributed by atoms with van der Waals surface area (Å²) < 4.78 is 0. The average Bonchev–Trinajstić information content (AvgIpc) is 2.31. The highest BCUT2D eigenvalue weighted by molar-refractivity contribution is 5.18. The molecular weight excluding hydrogens is 186 g/mol. The van der Waals surface area contributed by atoms with Crippen molar-refractivity contribution in [3.8, 4) is 0 Å². The molecule has 82 valence electrons. The van der Waals surface area contributed by atoms with Gasteiger partial charge in [0.25, 0.3) is 0 Å². The van der Waals surface area contributed by atoms with Gasteiger partial charge >= 0.3 is 0 Å². The van der Waals surface area contributed by atoms with Crippen molar-refractivity contribution in [2.24, 2.45) is 0 Å². The second kappa shape index (κ2) is 6.38. The molecule has 0 aliphatic heterocycles. The Morgan fingerprint density at radius 2 is 2.07 bits per heavy atom. The lowest BCUT2D eigenvalue weighted by atomic mass is 10.0. The van der Waals surface area contributed by atoms with E-state index < -0.39 is 6.10 Å². The molecule has 0 aromatic heterocycles. The van der Waals surface area contributed by atoms with Gasteiger partial charge in [-0.25, -0.2) is 0 Å². The van der Waals surface area contributed by atoms with Crippen molar-refractivity contribution >= 4 is 0 Å². The lowest BCUT2D eigenvalue weighted by molar-refractivity contribution is 0.128. The molecule has 0 amide bonds. The highest BCUT2D eigenvalue weighted by Gasteiger charge is 2.17. The molecule has 0 fully saturated rings. The molecule has 2 heteroatoms. The Morgan fingerprint density at radius 3 is 2.60 bits per heavy atom. The first-order valence-electron chi connectivity index (χ1n) is 5.36. The fourth-order valence-electron chi connectivity index (χ4n) is 1.60. The highest BCUT2D eigenvalue weighted by Crippen LogP contribution is 2.18. The Hall–Kier alpha value is -1.12. The average molecular weight is 205 g/mol. The number of aliphatic hydroxyl groups is 1. The summed E-state index contributed by atoms with van der Waals surface area (Å²) in [6, 6.07) is 9.82. The van der Waals surface area contributed by atoms with E-state index in [0.717, 1.165) is 18.5 Å². The molecule has 2 N–H and O–H groups in total. The van der Waals surface area contributed by atoms with Crippen LogP contribution < -0.4 is 5.32 Å². The standard InChI is InChI=1S/C13H19NO/c1-3-10-14-12(4-2)13(15)11-8-6-5-7-9-11/h3,5-9,12-15H,1,4,10H2,2H3. The number of nitrogens with one attached hydrogen (secondary N) is 1. The van der Waals surface area contributed by atoms with Gasteiger partial charge in [-0.2, -0.15) is 0 Å². The summed E-state index contributed by atoms with van der Waals surface area (Å²) in [6.45, 7) is 6.44. The molecule has 0 saturated carbocycles. The van der Waals surface area contributed by atoms with Crippen molar-refractivity contribution in [2.75, 3.05) is 6.54 Å². The first-order valence-corrected chi connectivity index (χ1v) is 5.36. The van der Waals surface area contributed by atoms with Crippen LogP contribution in [0.25, 0.3) is 0 Å². The maximum atomic E-state index is 10.1. The van der Waals surface area contributed by atoms with E-state index in [2.05, 4.69) is 18.8 Å². The number of benzene rings is 1. The fraction of sp³-hybridized carbons (Fsp3) is 0.385. The Balaban J connectivity index is 2.64. The summed E-state index contributed by atoms with van der Waals surface area (Å²) in [6.07, 6.45) is 2.25. The lowest BCUT2D eigenvalue weighted by Gasteiger charge is -2.22. The van der Waals surface area contributed by atoms with E-state index in [9.17, 15) is 5.11 Å². The van der Waals surface area contributed by atoms with Crippen molar-refractivity contribution < 1.29 is 5.11 Å². The molecule has 2 nitrogen and oxygen atoms in total. The Kier molecular flexibility index (Phi) is 5.08. The van der Waals surface area contributed by atoms with Crippen LogP contribution >= 0.6 is 0 Å². The fourth-order valence-corrected chi connectivity index (χ4v) is 1.60. The molecule has 0 heterocycles. The lowest BCUT2D eigenvalue weighted by Crippen LogP contribution is -2.34. The summed E-state index contributed by atoms with van der Waals surface area (Å²) in [5.74, 6) is 0. The van der Waals surface area contributed by atoms with Crippen molar-refractivity contribution in [2.45, 2.75) is 25.5 Å². The third kappa shape index (κ3) is 3.50. The van der Waals surface area contributed by atoms with Gasteiger partial charge in [0.15, 0.2) is 0 Å². The molecule has 1 aromatic carbocycles. The minimum absolute atomic E-state index is 0.0883. The van der Waals surface area contributed by atoms with Crippen LogP contribution in [0.5, 0.6) is 0 Å². The van der Waals surface area contributed by atoms with Gasteiger partial charge in [-0.1, -0.05) is 43.3 Å². The molecule has 2 atom stereocenters. The summed E-state index contributed by atoms with van der Waals surface area (Å²) in [5.41, 5.74) is 0.959. The second-order valence-corrected chi connectivity index (χ2v) is 3.57. The van der Waals surface area contributed by atoms with Crippen LogP contribution in [0.4, 0.5) is 0 Å². The van der Waals surface area contributed by atoms with Gasteiger partial charge in [0.05, 0.1) is 6.10 Å². The zero-order valence-corrected chi connectivity index (χ0v) is 9.19. The maximum Gasteiger partial charge on any atom is 0.0942 e. The minimum atomic E-state index is -0.448. The largest absolute Gasteiger partial charge is 0.387 e. The monoisotopic (exact) mass is 205 g/mol. The second-order valence-electron chi connectivity index (χ2n) is 3.57. The van der Waals surface area contributed by atoms with E-state index in [1.165, 1.54) is 0 Å². The van der Waals surface area contributed by atoms with Crippen LogP contribution in [0.1, 0.15) is 25.0 Å². The molecular formula is C13H19NO. The summed E-state index contributed by atoms with van der Waals surface area (Å²) in [5, 5.41) is 13.4. The van der Waals surface area contributed by atoms with Crippen LogP contribution in [-0.2, 0) is 0 Å². The SMILES string of the molecule is C=CCNC(CC)C(O)c1ccccc1. The predicted molar refractivity (Wildman–Crippen MR) is 63.7 cm³/mol. The first kappa shape index (κ1) is 12.0. The van der Waals surface area contributed by atoms with Gasteiger partial charge in [-0.3, -0.25) is 0 Å². The number of aliphatic hydroxyl groups excluding tert-OH is 1. The molecule has 2 unspecified atom stereocenters.